The highest BCUT2D eigenvalue weighted by atomic mass is 32.2. The van der Waals surface area contributed by atoms with Gasteiger partial charge in [0, 0.05) is 29.1 Å². The van der Waals surface area contributed by atoms with Gasteiger partial charge in [0.25, 0.3) is 0 Å². The summed E-state index contributed by atoms with van der Waals surface area (Å²) in [5, 5.41) is 0.0583. The van der Waals surface area contributed by atoms with Crippen molar-refractivity contribution in [1.82, 2.24) is 4.98 Å². The Hall–Kier alpha value is -5.26. The number of pyridine rings is 1. The van der Waals surface area contributed by atoms with Gasteiger partial charge in [0.2, 0.25) is 0 Å². The van der Waals surface area contributed by atoms with Crippen molar-refractivity contribution in [2.24, 2.45) is 0 Å². The number of hydrogen-bond donors (Lipinski definition) is 0. The third kappa shape index (κ3) is 7.59. The quantitative estimate of drug-likeness (QED) is 0.0795. The summed E-state index contributed by atoms with van der Waals surface area (Å²) < 4.78 is 14.6. The average Bonchev–Trinajstić information content (AvgIpc) is 3.22. The smallest absolute Gasteiger partial charge is 0.143 e. The highest BCUT2D eigenvalue weighted by molar-refractivity contribution is 8.00. The maximum atomic E-state index is 7.37. The number of thioether (sulfide) groups is 1. The molecule has 7 aromatic rings. The van der Waals surface area contributed by atoms with E-state index in [2.05, 4.69) is 199 Å². The lowest BCUT2D eigenvalue weighted by Crippen LogP contribution is -2.36. The number of hydrogen-bond acceptors (Lipinski definition) is 4. The topological polar surface area (TPSA) is 31.4 Å². The van der Waals surface area contributed by atoms with E-state index in [0.29, 0.717) is 13.2 Å². The standard InChI is InChI=1S/C47H41NO2S/c1-7-19-38(20-8-1)46(39-21-9-2-10-22-39,40-23-11-3-12-24-40)49-36-33-45(51-44-31-34-48-35-32-44)37-50-47(41-25-13-4-14-26-41,42-27-15-5-16-28-42)43-29-17-6-18-30-43/h1-32,34-35,45H,33,36-37H2. The van der Waals surface area contributed by atoms with Crippen LogP contribution in [0.25, 0.3) is 0 Å². The van der Waals surface area contributed by atoms with Gasteiger partial charge in [0.05, 0.1) is 6.61 Å². The van der Waals surface area contributed by atoms with Crippen LogP contribution in [0.2, 0.25) is 0 Å². The van der Waals surface area contributed by atoms with Gasteiger partial charge in [-0.25, -0.2) is 0 Å². The number of rotatable bonds is 15. The maximum Gasteiger partial charge on any atom is 0.143 e. The average molecular weight is 684 g/mol. The Morgan fingerprint density at radius 3 is 1.06 bits per heavy atom. The Bertz CT molecular complexity index is 1840. The Balaban J connectivity index is 1.25. The molecule has 1 unspecified atom stereocenters. The van der Waals surface area contributed by atoms with Crippen LogP contribution in [0.3, 0.4) is 0 Å². The van der Waals surface area contributed by atoms with Gasteiger partial charge in [-0.15, -0.1) is 11.8 Å². The predicted octanol–water partition coefficient (Wildman–Crippen LogP) is 10.9. The number of aromatic nitrogens is 1. The summed E-state index contributed by atoms with van der Waals surface area (Å²) in [7, 11) is 0. The van der Waals surface area contributed by atoms with Gasteiger partial charge in [-0.1, -0.05) is 182 Å². The van der Waals surface area contributed by atoms with E-state index in [9.17, 15) is 0 Å². The molecule has 4 heteroatoms. The van der Waals surface area contributed by atoms with E-state index in [4.69, 9.17) is 9.47 Å². The van der Waals surface area contributed by atoms with Gasteiger partial charge in [-0.3, -0.25) is 4.98 Å². The fraction of sp³-hybridized carbons (Fsp3) is 0.128. The minimum absolute atomic E-state index is 0.0583. The van der Waals surface area contributed by atoms with Crippen molar-refractivity contribution in [1.29, 1.82) is 0 Å². The van der Waals surface area contributed by atoms with E-state index in [1.165, 1.54) is 0 Å². The van der Waals surface area contributed by atoms with Gasteiger partial charge in [-0.2, -0.15) is 0 Å². The molecule has 252 valence electrons. The van der Waals surface area contributed by atoms with Gasteiger partial charge in [0.15, 0.2) is 0 Å². The molecule has 1 atom stereocenters. The molecule has 0 saturated carbocycles. The summed E-state index contributed by atoms with van der Waals surface area (Å²) in [6, 6.07) is 67.6. The lowest BCUT2D eigenvalue weighted by molar-refractivity contribution is -0.00657. The summed E-state index contributed by atoms with van der Waals surface area (Å²) in [6.45, 7) is 0.976. The van der Waals surface area contributed by atoms with E-state index in [1.807, 2.05) is 24.2 Å². The lowest BCUT2D eigenvalue weighted by Gasteiger charge is -2.38. The van der Waals surface area contributed by atoms with Crippen LogP contribution in [-0.2, 0) is 20.7 Å². The molecule has 0 aliphatic heterocycles. The predicted molar refractivity (Wildman–Crippen MR) is 209 cm³/mol. The zero-order valence-electron chi connectivity index (χ0n) is 28.5. The zero-order valence-corrected chi connectivity index (χ0v) is 29.3. The molecule has 6 aromatic carbocycles. The first-order valence-electron chi connectivity index (χ1n) is 17.5. The van der Waals surface area contributed by atoms with Crippen LogP contribution in [0.4, 0.5) is 0 Å². The molecular formula is C47H41NO2S. The molecule has 0 spiro atoms. The van der Waals surface area contributed by atoms with Crippen molar-refractivity contribution >= 4 is 11.8 Å². The Morgan fingerprint density at radius 2 is 0.725 bits per heavy atom. The summed E-state index contributed by atoms with van der Waals surface area (Å²) in [5.41, 5.74) is 4.92. The summed E-state index contributed by atoms with van der Waals surface area (Å²) in [6.07, 6.45) is 4.45. The van der Waals surface area contributed by atoms with Crippen molar-refractivity contribution in [2.45, 2.75) is 27.8 Å². The lowest BCUT2D eigenvalue weighted by atomic mass is 9.80. The molecule has 0 saturated heterocycles. The van der Waals surface area contributed by atoms with Crippen LogP contribution < -0.4 is 0 Å². The fourth-order valence-electron chi connectivity index (χ4n) is 6.88. The molecular weight excluding hydrogens is 643 g/mol. The minimum atomic E-state index is -0.816. The second-order valence-electron chi connectivity index (χ2n) is 12.4. The molecule has 1 heterocycles. The minimum Gasteiger partial charge on any atom is -0.361 e. The second-order valence-corrected chi connectivity index (χ2v) is 13.8. The van der Waals surface area contributed by atoms with Crippen molar-refractivity contribution in [2.75, 3.05) is 13.2 Å². The largest absolute Gasteiger partial charge is 0.361 e. The van der Waals surface area contributed by atoms with E-state index in [-0.39, 0.29) is 5.25 Å². The van der Waals surface area contributed by atoms with Crippen molar-refractivity contribution in [3.63, 3.8) is 0 Å². The van der Waals surface area contributed by atoms with E-state index in [0.717, 1.165) is 44.7 Å². The van der Waals surface area contributed by atoms with E-state index < -0.39 is 11.2 Å². The van der Waals surface area contributed by atoms with Gasteiger partial charge < -0.3 is 9.47 Å². The highest BCUT2D eigenvalue weighted by Crippen LogP contribution is 2.43. The molecule has 0 fully saturated rings. The molecule has 0 aliphatic rings. The van der Waals surface area contributed by atoms with Crippen LogP contribution in [0.15, 0.2) is 211 Å². The first-order valence-corrected chi connectivity index (χ1v) is 18.3. The van der Waals surface area contributed by atoms with Gasteiger partial charge in [-0.05, 0) is 51.9 Å². The molecule has 0 amide bonds. The molecule has 1 aromatic heterocycles. The number of benzene rings is 6. The molecule has 7 rings (SSSR count). The monoisotopic (exact) mass is 683 g/mol. The molecule has 51 heavy (non-hydrogen) atoms. The summed E-state index contributed by atoms with van der Waals surface area (Å²) in [5.74, 6) is 0. The normalized spacial score (nSPS) is 12.3. The molecule has 0 N–H and O–H groups in total. The van der Waals surface area contributed by atoms with Crippen molar-refractivity contribution in [3.05, 3.63) is 240 Å². The van der Waals surface area contributed by atoms with Crippen LogP contribution >= 0.6 is 11.8 Å². The van der Waals surface area contributed by atoms with Crippen molar-refractivity contribution in [3.8, 4) is 0 Å². The number of nitrogens with zero attached hydrogens (tertiary/aromatic N) is 1. The van der Waals surface area contributed by atoms with Crippen molar-refractivity contribution < 1.29 is 9.47 Å². The van der Waals surface area contributed by atoms with Crippen LogP contribution in [0.5, 0.6) is 0 Å². The third-order valence-corrected chi connectivity index (χ3v) is 10.5. The van der Waals surface area contributed by atoms with Gasteiger partial charge in [0.1, 0.15) is 11.2 Å². The molecule has 0 bridgehead atoms. The number of ether oxygens (including phenoxy) is 2. The molecule has 3 nitrogen and oxygen atoms in total. The van der Waals surface area contributed by atoms with E-state index >= 15 is 0 Å². The van der Waals surface area contributed by atoms with Crippen LogP contribution in [0, 0.1) is 0 Å². The Labute approximate surface area is 306 Å². The van der Waals surface area contributed by atoms with Crippen LogP contribution in [-0.4, -0.2) is 23.4 Å². The second kappa shape index (κ2) is 16.6. The summed E-state index contributed by atoms with van der Waals surface area (Å²) >= 11 is 1.81. The first kappa shape index (κ1) is 34.2. The fourth-order valence-corrected chi connectivity index (χ4v) is 7.90. The van der Waals surface area contributed by atoms with E-state index in [1.54, 1.807) is 0 Å². The third-order valence-electron chi connectivity index (χ3n) is 9.28. The zero-order chi connectivity index (χ0) is 34.6. The van der Waals surface area contributed by atoms with Gasteiger partial charge >= 0.3 is 0 Å². The maximum absolute atomic E-state index is 7.37. The molecule has 0 aliphatic carbocycles. The Kier molecular flexibility index (Phi) is 11.2. The SMILES string of the molecule is c1ccc(C(OCCC(COC(c2ccccc2)(c2ccccc2)c2ccccc2)Sc2ccncc2)(c2ccccc2)c2ccccc2)cc1. The highest BCUT2D eigenvalue weighted by Gasteiger charge is 2.40. The molecule has 0 radical (unpaired) electrons. The van der Waals surface area contributed by atoms with Crippen LogP contribution in [0.1, 0.15) is 39.8 Å². The summed E-state index contributed by atoms with van der Waals surface area (Å²) in [4.78, 5) is 5.43. The Morgan fingerprint density at radius 1 is 0.412 bits per heavy atom. The first-order chi connectivity index (χ1) is 25.3.